The Kier molecular flexibility index (Phi) is 4.84. The third kappa shape index (κ3) is 3.44. The molecule has 7 nitrogen and oxygen atoms in total. The van der Waals surface area contributed by atoms with E-state index in [9.17, 15) is 18.8 Å². The fourth-order valence-electron chi connectivity index (χ4n) is 3.38. The normalized spacial score (nSPS) is 19.7. The van der Waals surface area contributed by atoms with Crippen molar-refractivity contribution >= 4 is 29.4 Å². The summed E-state index contributed by atoms with van der Waals surface area (Å²) < 4.78 is 19.2. The minimum absolute atomic E-state index is 0.00787. The van der Waals surface area contributed by atoms with Crippen LogP contribution in [0.2, 0.25) is 5.02 Å². The number of carbonyl (C=O) groups is 3. The zero-order valence-electron chi connectivity index (χ0n) is 15.7. The number of imide groups is 1. The van der Waals surface area contributed by atoms with Gasteiger partial charge in [0.05, 0.1) is 19.2 Å². The first-order valence-corrected chi connectivity index (χ1v) is 9.27. The lowest BCUT2D eigenvalue weighted by molar-refractivity contribution is -0.122. The van der Waals surface area contributed by atoms with E-state index < -0.39 is 23.3 Å². The van der Waals surface area contributed by atoms with Crippen molar-refractivity contribution in [3.05, 3.63) is 63.9 Å². The number of halogens is 2. The highest BCUT2D eigenvalue weighted by atomic mass is 35.5. The van der Waals surface area contributed by atoms with Crippen molar-refractivity contribution in [3.63, 3.8) is 0 Å². The Balaban J connectivity index is 1.66. The molecule has 1 fully saturated rings. The molecule has 2 heterocycles. The Bertz CT molecular complexity index is 1160. The average Bonchev–Trinajstić information content (AvgIpc) is 3.16. The van der Waals surface area contributed by atoms with E-state index in [0.29, 0.717) is 11.3 Å². The van der Waals surface area contributed by atoms with E-state index in [0.717, 1.165) is 11.6 Å². The van der Waals surface area contributed by atoms with Crippen LogP contribution in [0.1, 0.15) is 21.5 Å². The predicted octanol–water partition coefficient (Wildman–Crippen LogP) is 2.07. The van der Waals surface area contributed by atoms with Crippen LogP contribution in [0.4, 0.5) is 9.18 Å². The van der Waals surface area contributed by atoms with Crippen LogP contribution in [0.15, 0.2) is 36.4 Å². The number of hydrogen-bond acceptors (Lipinski definition) is 4. The second kappa shape index (κ2) is 7.35. The molecule has 1 atom stereocenters. The van der Waals surface area contributed by atoms with Crippen molar-refractivity contribution in [2.45, 2.75) is 12.1 Å². The molecule has 2 aliphatic heterocycles. The van der Waals surface area contributed by atoms with Gasteiger partial charge in [0.25, 0.3) is 11.8 Å². The molecule has 0 aromatic heterocycles. The standard InChI is InChI=1S/C21H15ClFN3O4/c1-30-15-5-3-13-10-26(18(27)16(13)9-15)11-21(19(28)24-20(29)25-21)7-6-12-2-4-14(22)8-17(12)23/h2-5,8-9H,10-11H2,1H3,(H2,24,25,28,29)/t21-/m1/s1. The van der Waals surface area contributed by atoms with E-state index in [1.807, 2.05) is 0 Å². The Labute approximate surface area is 176 Å². The number of methoxy groups -OCH3 is 1. The molecule has 0 radical (unpaired) electrons. The van der Waals surface area contributed by atoms with Crippen LogP contribution in [0, 0.1) is 17.7 Å². The minimum atomic E-state index is -1.72. The van der Waals surface area contributed by atoms with Gasteiger partial charge in [0.2, 0.25) is 5.54 Å². The summed E-state index contributed by atoms with van der Waals surface area (Å²) in [6.07, 6.45) is 0. The van der Waals surface area contributed by atoms with Crippen LogP contribution in [-0.4, -0.2) is 41.9 Å². The molecule has 2 aromatic rings. The first-order chi connectivity index (χ1) is 14.3. The number of carbonyl (C=O) groups excluding carboxylic acids is 3. The summed E-state index contributed by atoms with van der Waals surface area (Å²) in [4.78, 5) is 38.6. The number of fused-ring (bicyclic) bond motifs is 1. The van der Waals surface area contributed by atoms with Crippen molar-refractivity contribution in [1.29, 1.82) is 0 Å². The Morgan fingerprint density at radius 3 is 2.70 bits per heavy atom. The zero-order valence-corrected chi connectivity index (χ0v) is 16.5. The van der Waals surface area contributed by atoms with Gasteiger partial charge in [-0.25, -0.2) is 9.18 Å². The maximum Gasteiger partial charge on any atom is 0.323 e. The van der Waals surface area contributed by atoms with E-state index in [2.05, 4.69) is 22.5 Å². The third-order valence-corrected chi connectivity index (χ3v) is 5.14. The summed E-state index contributed by atoms with van der Waals surface area (Å²) in [6, 6.07) is 8.31. The third-order valence-electron chi connectivity index (χ3n) is 4.91. The van der Waals surface area contributed by atoms with E-state index in [1.54, 1.807) is 18.2 Å². The van der Waals surface area contributed by atoms with Crippen LogP contribution in [-0.2, 0) is 11.3 Å². The number of amides is 4. The topological polar surface area (TPSA) is 87.7 Å². The van der Waals surface area contributed by atoms with Gasteiger partial charge < -0.3 is 15.0 Å². The smallest absolute Gasteiger partial charge is 0.323 e. The molecule has 4 rings (SSSR count). The van der Waals surface area contributed by atoms with E-state index in [-0.39, 0.29) is 29.6 Å². The molecule has 1 saturated heterocycles. The number of rotatable bonds is 3. The predicted molar refractivity (Wildman–Crippen MR) is 105 cm³/mol. The summed E-state index contributed by atoms with van der Waals surface area (Å²) in [5.41, 5.74) is -0.498. The van der Waals surface area contributed by atoms with Gasteiger partial charge in [-0.2, -0.15) is 0 Å². The summed E-state index contributed by atoms with van der Waals surface area (Å²) in [5, 5.41) is 4.81. The second-order valence-electron chi connectivity index (χ2n) is 6.87. The molecule has 2 aromatic carbocycles. The SMILES string of the molecule is COc1ccc2c(c1)C(=O)N(C[C@@]1(C#Cc3ccc(Cl)cc3F)NC(=O)NC1=O)C2. The summed E-state index contributed by atoms with van der Waals surface area (Å²) in [7, 11) is 1.50. The van der Waals surface area contributed by atoms with E-state index in [4.69, 9.17) is 16.3 Å². The van der Waals surface area contributed by atoms with Crippen molar-refractivity contribution in [1.82, 2.24) is 15.5 Å². The van der Waals surface area contributed by atoms with Crippen LogP contribution in [0.5, 0.6) is 5.75 Å². The Hall–Kier alpha value is -3.57. The average molecular weight is 428 g/mol. The monoisotopic (exact) mass is 427 g/mol. The van der Waals surface area contributed by atoms with E-state index >= 15 is 0 Å². The van der Waals surface area contributed by atoms with Crippen LogP contribution in [0.3, 0.4) is 0 Å². The fraction of sp³-hybridized carbons (Fsp3) is 0.190. The number of nitrogens with one attached hydrogen (secondary N) is 2. The summed E-state index contributed by atoms with van der Waals surface area (Å²) in [5.74, 6) is 4.07. The van der Waals surface area contributed by atoms with Crippen molar-refractivity contribution in [2.24, 2.45) is 0 Å². The Morgan fingerprint density at radius 1 is 1.23 bits per heavy atom. The van der Waals surface area contributed by atoms with E-state index in [1.165, 1.54) is 24.1 Å². The molecule has 9 heteroatoms. The van der Waals surface area contributed by atoms with Crippen molar-refractivity contribution in [2.75, 3.05) is 13.7 Å². The molecule has 152 valence electrons. The highest BCUT2D eigenvalue weighted by molar-refractivity contribution is 6.30. The molecule has 30 heavy (non-hydrogen) atoms. The first kappa shape index (κ1) is 19.7. The maximum atomic E-state index is 14.1. The number of hydrogen-bond donors (Lipinski definition) is 2. The second-order valence-corrected chi connectivity index (χ2v) is 7.31. The lowest BCUT2D eigenvalue weighted by atomic mass is 9.99. The molecule has 0 aliphatic carbocycles. The fourth-order valence-corrected chi connectivity index (χ4v) is 3.54. The van der Waals surface area contributed by atoms with Gasteiger partial charge in [-0.1, -0.05) is 29.5 Å². The molecule has 4 amide bonds. The zero-order chi connectivity index (χ0) is 21.5. The van der Waals surface area contributed by atoms with Gasteiger partial charge in [0.1, 0.15) is 11.6 Å². The molecule has 2 N–H and O–H groups in total. The summed E-state index contributed by atoms with van der Waals surface area (Å²) >= 11 is 5.75. The van der Waals surface area contributed by atoms with Crippen LogP contribution >= 0.6 is 11.6 Å². The van der Waals surface area contributed by atoms with Crippen LogP contribution in [0.25, 0.3) is 0 Å². The van der Waals surface area contributed by atoms with Gasteiger partial charge in [0.15, 0.2) is 0 Å². The number of benzene rings is 2. The van der Waals surface area contributed by atoms with Crippen LogP contribution < -0.4 is 15.4 Å². The quantitative estimate of drug-likeness (QED) is 0.580. The molecular formula is C21H15ClFN3O4. The van der Waals surface area contributed by atoms with Gasteiger partial charge >= 0.3 is 6.03 Å². The van der Waals surface area contributed by atoms with Gasteiger partial charge in [-0.05, 0) is 35.9 Å². The molecule has 2 aliphatic rings. The Morgan fingerprint density at radius 2 is 2.03 bits per heavy atom. The van der Waals surface area contributed by atoms with Gasteiger partial charge in [-0.15, -0.1) is 0 Å². The molecule has 0 saturated carbocycles. The maximum absolute atomic E-state index is 14.1. The highest BCUT2D eigenvalue weighted by Gasteiger charge is 2.48. The first-order valence-electron chi connectivity index (χ1n) is 8.89. The van der Waals surface area contributed by atoms with Gasteiger partial charge in [-0.3, -0.25) is 14.9 Å². The van der Waals surface area contributed by atoms with Gasteiger partial charge in [0, 0.05) is 17.1 Å². The molecule has 0 unspecified atom stereocenters. The highest BCUT2D eigenvalue weighted by Crippen LogP contribution is 2.28. The number of urea groups is 1. The lowest BCUT2D eigenvalue weighted by Crippen LogP contribution is -2.54. The molecular weight excluding hydrogens is 413 g/mol. The summed E-state index contributed by atoms with van der Waals surface area (Å²) in [6.45, 7) is 0.0304. The number of nitrogens with zero attached hydrogens (tertiary/aromatic N) is 1. The lowest BCUT2D eigenvalue weighted by Gasteiger charge is -2.26. The number of ether oxygens (including phenoxy) is 1. The largest absolute Gasteiger partial charge is 0.497 e. The minimum Gasteiger partial charge on any atom is -0.497 e. The molecule has 0 spiro atoms. The van der Waals surface area contributed by atoms with Crippen molar-refractivity contribution < 1.29 is 23.5 Å². The van der Waals surface area contributed by atoms with Crippen molar-refractivity contribution in [3.8, 4) is 17.6 Å². The molecule has 0 bridgehead atoms.